The number of hydrogen-bond acceptors (Lipinski definition) is 3. The first kappa shape index (κ1) is 12.0. The fraction of sp³-hybridized carbons (Fsp3) is 0.583. The number of nitrogens with one attached hydrogen (secondary N) is 1. The zero-order valence-corrected chi connectivity index (χ0v) is 10.6. The van der Waals surface area contributed by atoms with Crippen LogP contribution in [-0.2, 0) is 11.8 Å². The highest BCUT2D eigenvalue weighted by atomic mass is 16.4. The van der Waals surface area contributed by atoms with Gasteiger partial charge in [-0.2, -0.15) is 5.10 Å². The molecule has 3 unspecified atom stereocenters. The molecule has 0 aliphatic carbocycles. The second kappa shape index (κ2) is 4.25. The van der Waals surface area contributed by atoms with Crippen LogP contribution in [0.1, 0.15) is 19.3 Å². The molecular formula is C12H16N4O3. The fourth-order valence-electron chi connectivity index (χ4n) is 3.23. The summed E-state index contributed by atoms with van der Waals surface area (Å²) in [6, 6.07) is 1.35. The van der Waals surface area contributed by atoms with Crippen LogP contribution in [0, 0.1) is 5.92 Å². The van der Waals surface area contributed by atoms with E-state index in [-0.39, 0.29) is 18.1 Å². The molecule has 0 aromatic carbocycles. The molecule has 1 aromatic rings. The Morgan fingerprint density at radius 1 is 1.47 bits per heavy atom. The summed E-state index contributed by atoms with van der Waals surface area (Å²) in [4.78, 5) is 25.1. The van der Waals surface area contributed by atoms with Crippen molar-refractivity contribution in [2.24, 2.45) is 13.0 Å². The van der Waals surface area contributed by atoms with E-state index in [4.69, 9.17) is 5.11 Å². The zero-order chi connectivity index (χ0) is 13.6. The van der Waals surface area contributed by atoms with Gasteiger partial charge in [-0.15, -0.1) is 0 Å². The molecule has 2 bridgehead atoms. The monoisotopic (exact) mass is 264 g/mol. The third-order valence-corrected chi connectivity index (χ3v) is 4.04. The molecule has 2 N–H and O–H groups in total. The molecule has 2 saturated heterocycles. The number of amides is 2. The van der Waals surface area contributed by atoms with Crippen LogP contribution in [0.15, 0.2) is 12.3 Å². The number of aromatic nitrogens is 2. The first-order valence-electron chi connectivity index (χ1n) is 6.38. The Labute approximate surface area is 110 Å². The summed E-state index contributed by atoms with van der Waals surface area (Å²) in [6.07, 6.45) is 3.98. The summed E-state index contributed by atoms with van der Waals surface area (Å²) in [7, 11) is 1.77. The van der Waals surface area contributed by atoms with Gasteiger partial charge in [-0.3, -0.25) is 14.8 Å². The maximum atomic E-state index is 12.2. The minimum atomic E-state index is -0.803. The van der Waals surface area contributed by atoms with Gasteiger partial charge in [0.2, 0.25) is 0 Å². The Balaban J connectivity index is 1.72. The molecule has 7 heteroatoms. The van der Waals surface area contributed by atoms with Gasteiger partial charge in [-0.25, -0.2) is 4.79 Å². The number of anilines is 1. The number of carbonyl (C=O) groups excluding carboxylic acids is 1. The van der Waals surface area contributed by atoms with Gasteiger partial charge in [0, 0.05) is 31.4 Å². The molecule has 19 heavy (non-hydrogen) atoms. The van der Waals surface area contributed by atoms with E-state index in [0.29, 0.717) is 12.2 Å². The van der Waals surface area contributed by atoms with Gasteiger partial charge in [-0.1, -0.05) is 0 Å². The van der Waals surface area contributed by atoms with E-state index in [1.165, 1.54) is 0 Å². The van der Waals surface area contributed by atoms with E-state index in [0.717, 1.165) is 12.8 Å². The quantitative estimate of drug-likeness (QED) is 0.830. The van der Waals surface area contributed by atoms with E-state index in [1.807, 2.05) is 0 Å². The van der Waals surface area contributed by atoms with Gasteiger partial charge in [0.15, 0.2) is 5.82 Å². The lowest BCUT2D eigenvalue weighted by Crippen LogP contribution is -2.40. The fourth-order valence-corrected chi connectivity index (χ4v) is 3.23. The number of rotatable bonds is 2. The Kier molecular flexibility index (Phi) is 2.69. The standard InChI is InChI=1S/C12H16N4O3/c1-15-5-4-10(14-15)13-12(19)16-7-2-3-9(16)8(6-7)11(17)18/h4-5,7-9H,2-3,6H2,1H3,(H,17,18)(H,13,14,19). The van der Waals surface area contributed by atoms with Crippen LogP contribution < -0.4 is 5.32 Å². The first-order valence-corrected chi connectivity index (χ1v) is 6.38. The van der Waals surface area contributed by atoms with Crippen molar-refractivity contribution in [1.82, 2.24) is 14.7 Å². The van der Waals surface area contributed by atoms with Crippen LogP contribution in [0.2, 0.25) is 0 Å². The van der Waals surface area contributed by atoms with Crippen LogP contribution in [0.5, 0.6) is 0 Å². The molecule has 3 heterocycles. The van der Waals surface area contributed by atoms with Crippen molar-refractivity contribution in [1.29, 1.82) is 0 Å². The lowest BCUT2D eigenvalue weighted by atomic mass is 9.89. The SMILES string of the molecule is Cn1ccc(NC(=O)N2C3CCC2C(C(=O)O)C3)n1. The predicted molar refractivity (Wildman–Crippen MR) is 66.6 cm³/mol. The molecule has 2 amide bonds. The van der Waals surface area contributed by atoms with Gasteiger partial charge in [0.1, 0.15) is 0 Å². The smallest absolute Gasteiger partial charge is 0.323 e. The molecule has 0 spiro atoms. The summed E-state index contributed by atoms with van der Waals surface area (Å²) in [5.41, 5.74) is 0. The number of carbonyl (C=O) groups is 2. The highest BCUT2D eigenvalue weighted by Crippen LogP contribution is 2.41. The van der Waals surface area contributed by atoms with Gasteiger partial charge >= 0.3 is 12.0 Å². The second-order valence-electron chi connectivity index (χ2n) is 5.19. The molecule has 2 aliphatic heterocycles. The summed E-state index contributed by atoms with van der Waals surface area (Å²) in [5, 5.41) is 16.0. The maximum absolute atomic E-state index is 12.2. The third kappa shape index (κ3) is 1.94. The van der Waals surface area contributed by atoms with Gasteiger partial charge < -0.3 is 10.0 Å². The highest BCUT2D eigenvalue weighted by Gasteiger charge is 2.51. The van der Waals surface area contributed by atoms with Crippen molar-refractivity contribution in [3.05, 3.63) is 12.3 Å². The number of aliphatic carboxylic acids is 1. The number of carboxylic acid groups (broad SMARTS) is 1. The molecule has 102 valence electrons. The Morgan fingerprint density at radius 2 is 2.26 bits per heavy atom. The minimum Gasteiger partial charge on any atom is -0.481 e. The molecule has 1 aromatic heterocycles. The largest absolute Gasteiger partial charge is 0.481 e. The van der Waals surface area contributed by atoms with E-state index in [9.17, 15) is 9.59 Å². The van der Waals surface area contributed by atoms with Gasteiger partial charge in [0.25, 0.3) is 0 Å². The number of urea groups is 1. The van der Waals surface area contributed by atoms with Crippen molar-refractivity contribution in [2.75, 3.05) is 5.32 Å². The van der Waals surface area contributed by atoms with E-state index in [1.54, 1.807) is 28.9 Å². The molecule has 2 aliphatic rings. The zero-order valence-electron chi connectivity index (χ0n) is 10.6. The second-order valence-corrected chi connectivity index (χ2v) is 5.19. The number of carboxylic acids is 1. The average Bonchev–Trinajstić information content (AvgIpc) is 3.02. The van der Waals surface area contributed by atoms with Gasteiger partial charge in [-0.05, 0) is 19.3 Å². The number of aryl methyl sites for hydroxylation is 1. The maximum Gasteiger partial charge on any atom is 0.323 e. The third-order valence-electron chi connectivity index (χ3n) is 4.04. The summed E-state index contributed by atoms with van der Waals surface area (Å²) >= 11 is 0. The summed E-state index contributed by atoms with van der Waals surface area (Å²) < 4.78 is 1.61. The average molecular weight is 264 g/mol. The predicted octanol–water partition coefficient (Wildman–Crippen LogP) is 0.889. The van der Waals surface area contributed by atoms with E-state index < -0.39 is 11.9 Å². The Hall–Kier alpha value is -2.05. The number of hydrogen-bond donors (Lipinski definition) is 2. The lowest BCUT2D eigenvalue weighted by molar-refractivity contribution is -0.142. The topological polar surface area (TPSA) is 87.5 Å². The van der Waals surface area contributed by atoms with Crippen molar-refractivity contribution >= 4 is 17.8 Å². The first-order chi connectivity index (χ1) is 9.06. The van der Waals surface area contributed by atoms with Crippen LogP contribution in [0.25, 0.3) is 0 Å². The highest BCUT2D eigenvalue weighted by molar-refractivity contribution is 5.90. The molecule has 2 fully saturated rings. The van der Waals surface area contributed by atoms with Crippen molar-refractivity contribution in [3.63, 3.8) is 0 Å². The molecule has 0 saturated carbocycles. The number of nitrogens with zero attached hydrogens (tertiary/aromatic N) is 3. The van der Waals surface area contributed by atoms with Crippen LogP contribution in [-0.4, -0.2) is 43.9 Å². The summed E-state index contributed by atoms with van der Waals surface area (Å²) in [5.74, 6) is -0.734. The minimum absolute atomic E-state index is 0.0508. The lowest BCUT2D eigenvalue weighted by Gasteiger charge is -2.22. The van der Waals surface area contributed by atoms with Crippen LogP contribution >= 0.6 is 0 Å². The van der Waals surface area contributed by atoms with E-state index in [2.05, 4.69) is 10.4 Å². The van der Waals surface area contributed by atoms with Crippen molar-refractivity contribution in [2.45, 2.75) is 31.3 Å². The number of fused-ring (bicyclic) bond motifs is 2. The normalized spacial score (nSPS) is 28.7. The Bertz CT molecular complexity index is 527. The molecule has 3 atom stereocenters. The summed E-state index contributed by atoms with van der Waals surface area (Å²) in [6.45, 7) is 0. The Morgan fingerprint density at radius 3 is 2.84 bits per heavy atom. The van der Waals surface area contributed by atoms with E-state index >= 15 is 0 Å². The molecule has 3 rings (SSSR count). The molecule has 0 radical (unpaired) electrons. The van der Waals surface area contributed by atoms with Crippen molar-refractivity contribution in [3.8, 4) is 0 Å². The van der Waals surface area contributed by atoms with Crippen LogP contribution in [0.4, 0.5) is 10.6 Å². The van der Waals surface area contributed by atoms with Crippen LogP contribution in [0.3, 0.4) is 0 Å². The molecule has 7 nitrogen and oxygen atoms in total. The molecular weight excluding hydrogens is 248 g/mol. The van der Waals surface area contributed by atoms with Gasteiger partial charge in [0.05, 0.1) is 5.92 Å². The van der Waals surface area contributed by atoms with Crippen molar-refractivity contribution < 1.29 is 14.7 Å².